The van der Waals surface area contributed by atoms with E-state index in [2.05, 4.69) is 26.1 Å². The van der Waals surface area contributed by atoms with Crippen LogP contribution in [0.3, 0.4) is 0 Å². The Morgan fingerprint density at radius 2 is 2.07 bits per heavy atom. The number of hydrogen-bond donors (Lipinski definition) is 2. The molecule has 0 bridgehead atoms. The van der Waals surface area contributed by atoms with Crippen LogP contribution >= 0.6 is 11.3 Å². The number of hydrogen-bond acceptors (Lipinski definition) is 4. The highest BCUT2D eigenvalue weighted by Crippen LogP contribution is 2.44. The number of carbonyl (C=O) groups excluding carboxylic acids is 2. The van der Waals surface area contributed by atoms with Crippen molar-refractivity contribution in [2.45, 2.75) is 47.0 Å². The van der Waals surface area contributed by atoms with Crippen molar-refractivity contribution in [1.82, 2.24) is 0 Å². The molecular formula is C22H28N2O3S. The van der Waals surface area contributed by atoms with Gasteiger partial charge in [-0.2, -0.15) is 0 Å². The summed E-state index contributed by atoms with van der Waals surface area (Å²) in [6, 6.07) is 7.02. The maximum atomic E-state index is 12.8. The zero-order chi connectivity index (χ0) is 20.5. The zero-order valence-corrected chi connectivity index (χ0v) is 17.7. The van der Waals surface area contributed by atoms with E-state index < -0.39 is 5.91 Å². The first-order valence-electron chi connectivity index (χ1n) is 9.69. The number of amides is 2. The summed E-state index contributed by atoms with van der Waals surface area (Å²) in [6.07, 6.45) is 2.76. The molecule has 0 aliphatic heterocycles. The van der Waals surface area contributed by atoms with Crippen molar-refractivity contribution in [3.8, 4) is 5.75 Å². The van der Waals surface area contributed by atoms with Gasteiger partial charge in [-0.25, -0.2) is 0 Å². The number of thiophene rings is 1. The fourth-order valence-electron chi connectivity index (χ4n) is 3.74. The maximum absolute atomic E-state index is 12.8. The van der Waals surface area contributed by atoms with Gasteiger partial charge in [0.05, 0.1) is 12.2 Å². The minimum atomic E-state index is -0.481. The van der Waals surface area contributed by atoms with Gasteiger partial charge in [-0.05, 0) is 61.3 Å². The van der Waals surface area contributed by atoms with Crippen molar-refractivity contribution in [2.75, 3.05) is 11.9 Å². The van der Waals surface area contributed by atoms with Crippen LogP contribution in [0.5, 0.6) is 5.75 Å². The maximum Gasteiger partial charge on any atom is 0.256 e. The highest BCUT2D eigenvalue weighted by atomic mass is 32.1. The number of carbonyl (C=O) groups is 2. The van der Waals surface area contributed by atoms with Crippen LogP contribution in [0.4, 0.5) is 5.00 Å². The highest BCUT2D eigenvalue weighted by Gasteiger charge is 2.33. The van der Waals surface area contributed by atoms with Crippen LogP contribution in [-0.4, -0.2) is 18.4 Å². The third-order valence-electron chi connectivity index (χ3n) is 5.37. The van der Waals surface area contributed by atoms with Gasteiger partial charge in [-0.3, -0.25) is 9.59 Å². The van der Waals surface area contributed by atoms with E-state index in [1.807, 2.05) is 13.0 Å². The van der Waals surface area contributed by atoms with Crippen molar-refractivity contribution in [3.63, 3.8) is 0 Å². The second-order valence-electron chi connectivity index (χ2n) is 8.29. The fourth-order valence-corrected chi connectivity index (χ4v) is 5.07. The van der Waals surface area contributed by atoms with Crippen LogP contribution in [0.15, 0.2) is 24.3 Å². The SMILES string of the molecule is CCOc1cccc(C(=O)Nc2sc3c(c2C(N)=O)CC[C@@H](C(C)(C)C)C3)c1. The van der Waals surface area contributed by atoms with Crippen molar-refractivity contribution in [1.29, 1.82) is 0 Å². The molecule has 0 radical (unpaired) electrons. The first-order chi connectivity index (χ1) is 13.2. The summed E-state index contributed by atoms with van der Waals surface area (Å²) in [7, 11) is 0. The van der Waals surface area contributed by atoms with Crippen molar-refractivity contribution >= 4 is 28.2 Å². The minimum absolute atomic E-state index is 0.206. The summed E-state index contributed by atoms with van der Waals surface area (Å²) in [5.41, 5.74) is 7.85. The van der Waals surface area contributed by atoms with Gasteiger partial charge in [0, 0.05) is 10.4 Å². The van der Waals surface area contributed by atoms with Gasteiger partial charge in [0.15, 0.2) is 0 Å². The summed E-state index contributed by atoms with van der Waals surface area (Å²) < 4.78 is 5.47. The van der Waals surface area contributed by atoms with Crippen LogP contribution in [0.1, 0.15) is 65.3 Å². The van der Waals surface area contributed by atoms with Crippen molar-refractivity contribution < 1.29 is 14.3 Å². The summed E-state index contributed by atoms with van der Waals surface area (Å²) in [6.45, 7) is 9.17. The first-order valence-corrected chi connectivity index (χ1v) is 10.5. The van der Waals surface area contributed by atoms with Crippen molar-refractivity contribution in [2.24, 2.45) is 17.1 Å². The van der Waals surface area contributed by atoms with Crippen molar-refractivity contribution in [3.05, 3.63) is 45.8 Å². The molecule has 1 atom stereocenters. The highest BCUT2D eigenvalue weighted by molar-refractivity contribution is 7.17. The van der Waals surface area contributed by atoms with Gasteiger partial charge in [0.2, 0.25) is 0 Å². The Morgan fingerprint density at radius 3 is 2.71 bits per heavy atom. The number of nitrogens with two attached hydrogens (primary N) is 1. The Balaban J connectivity index is 1.88. The zero-order valence-electron chi connectivity index (χ0n) is 16.9. The number of rotatable bonds is 5. The lowest BCUT2D eigenvalue weighted by atomic mass is 9.72. The Kier molecular flexibility index (Phi) is 5.79. The van der Waals surface area contributed by atoms with E-state index >= 15 is 0 Å². The van der Waals surface area contributed by atoms with E-state index in [9.17, 15) is 9.59 Å². The Bertz CT molecular complexity index is 896. The lowest BCUT2D eigenvalue weighted by Gasteiger charge is -2.33. The third-order valence-corrected chi connectivity index (χ3v) is 6.54. The molecule has 6 heteroatoms. The molecule has 0 saturated heterocycles. The molecule has 150 valence electrons. The van der Waals surface area contributed by atoms with E-state index in [0.29, 0.717) is 34.4 Å². The summed E-state index contributed by atoms with van der Waals surface area (Å²) in [4.78, 5) is 26.1. The largest absolute Gasteiger partial charge is 0.494 e. The fraction of sp³-hybridized carbons (Fsp3) is 0.455. The normalized spacial score (nSPS) is 16.4. The second kappa shape index (κ2) is 7.95. The average molecular weight is 401 g/mol. The number of fused-ring (bicyclic) bond motifs is 1. The molecule has 0 unspecified atom stereocenters. The lowest BCUT2D eigenvalue weighted by molar-refractivity contribution is 0.1000. The van der Waals surface area contributed by atoms with E-state index in [1.54, 1.807) is 18.2 Å². The molecule has 3 rings (SSSR count). The van der Waals surface area contributed by atoms with E-state index in [1.165, 1.54) is 16.2 Å². The standard InChI is InChI=1S/C22H28N2O3S/c1-5-27-15-8-6-7-13(11-15)20(26)24-21-18(19(23)25)16-10-9-14(22(2,3)4)12-17(16)28-21/h6-8,11,14H,5,9-10,12H2,1-4H3,(H2,23,25)(H,24,26)/t14-/m1/s1. The molecule has 0 spiro atoms. The predicted molar refractivity (Wildman–Crippen MR) is 113 cm³/mol. The second-order valence-corrected chi connectivity index (χ2v) is 9.40. The molecule has 0 saturated carbocycles. The van der Waals surface area contributed by atoms with Crippen LogP contribution in [0.2, 0.25) is 0 Å². The Labute approximate surface area is 170 Å². The molecule has 0 fully saturated rings. The first kappa shape index (κ1) is 20.4. The molecule has 1 aromatic carbocycles. The van der Waals surface area contributed by atoms with Crippen LogP contribution in [0.25, 0.3) is 0 Å². The number of primary amides is 1. The molecule has 28 heavy (non-hydrogen) atoms. The number of nitrogens with one attached hydrogen (secondary N) is 1. The van der Waals surface area contributed by atoms with Crippen LogP contribution in [0, 0.1) is 11.3 Å². The molecule has 5 nitrogen and oxygen atoms in total. The van der Waals surface area contributed by atoms with Gasteiger partial charge in [-0.15, -0.1) is 11.3 Å². The third kappa shape index (κ3) is 4.22. The predicted octanol–water partition coefficient (Wildman–Crippen LogP) is 4.65. The Morgan fingerprint density at radius 1 is 1.32 bits per heavy atom. The van der Waals surface area contributed by atoms with Crippen LogP contribution in [-0.2, 0) is 12.8 Å². The molecule has 1 aromatic heterocycles. The van der Waals surface area contributed by atoms with Gasteiger partial charge < -0.3 is 15.8 Å². The van der Waals surface area contributed by atoms with E-state index in [-0.39, 0.29) is 11.3 Å². The minimum Gasteiger partial charge on any atom is -0.494 e. The number of anilines is 1. The summed E-state index contributed by atoms with van der Waals surface area (Å²) >= 11 is 1.48. The molecule has 2 aromatic rings. The monoisotopic (exact) mass is 400 g/mol. The lowest BCUT2D eigenvalue weighted by Crippen LogP contribution is -2.27. The molecule has 1 aliphatic rings. The number of benzene rings is 1. The van der Waals surface area contributed by atoms with Crippen LogP contribution < -0.4 is 15.8 Å². The van der Waals surface area contributed by atoms with Gasteiger partial charge in [-0.1, -0.05) is 26.8 Å². The summed E-state index contributed by atoms with van der Waals surface area (Å²) in [5, 5.41) is 3.47. The molecule has 1 heterocycles. The van der Waals surface area contributed by atoms with E-state index in [0.717, 1.165) is 24.8 Å². The molecule has 3 N–H and O–H groups in total. The average Bonchev–Trinajstić information content (AvgIpc) is 2.98. The quantitative estimate of drug-likeness (QED) is 0.766. The summed E-state index contributed by atoms with van der Waals surface area (Å²) in [5.74, 6) is 0.440. The number of ether oxygens (including phenoxy) is 1. The topological polar surface area (TPSA) is 81.4 Å². The Hall–Kier alpha value is -2.34. The molecule has 1 aliphatic carbocycles. The molecule has 2 amide bonds. The van der Waals surface area contributed by atoms with Gasteiger partial charge >= 0.3 is 0 Å². The smallest absolute Gasteiger partial charge is 0.256 e. The van der Waals surface area contributed by atoms with Gasteiger partial charge in [0.1, 0.15) is 10.8 Å². The van der Waals surface area contributed by atoms with Gasteiger partial charge in [0.25, 0.3) is 11.8 Å². The van der Waals surface area contributed by atoms with E-state index in [4.69, 9.17) is 10.5 Å². The molecular weight excluding hydrogens is 372 g/mol.